The highest BCUT2D eigenvalue weighted by molar-refractivity contribution is 6.07. The van der Waals surface area contributed by atoms with Crippen LogP contribution in [0.4, 0.5) is 0 Å². The van der Waals surface area contributed by atoms with Crippen LogP contribution in [0.15, 0.2) is 0 Å². The lowest BCUT2D eigenvalue weighted by Gasteiger charge is -2.24. The van der Waals surface area contributed by atoms with Crippen molar-refractivity contribution in [2.45, 2.75) is 31.3 Å². The van der Waals surface area contributed by atoms with Crippen LogP contribution >= 0.6 is 0 Å². The molecule has 14 heavy (non-hydrogen) atoms. The number of Topliss-reactive ketones (excluding diaryl/α,β-unsaturated/α-hetero) is 1. The summed E-state index contributed by atoms with van der Waals surface area (Å²) in [6, 6.07) is 0. The molecule has 0 amide bonds. The van der Waals surface area contributed by atoms with E-state index < -0.39 is 29.7 Å². The zero-order valence-electron chi connectivity index (χ0n) is 7.47. The average Bonchev–Trinajstić information content (AvgIpc) is 2.02. The van der Waals surface area contributed by atoms with Crippen LogP contribution in [0.5, 0.6) is 0 Å². The molecule has 7 heteroatoms. The fourth-order valence-electron chi connectivity index (χ4n) is 0.838. The Kier molecular flexibility index (Phi) is 3.72. The smallest absolute Gasteiger partial charge is 0.372 e. The minimum atomic E-state index is -3.78. The molecule has 0 atom stereocenters. The Bertz CT molecular complexity index is 242. The van der Waals surface area contributed by atoms with Crippen molar-refractivity contribution in [3.05, 3.63) is 0 Å². The monoisotopic (exact) mass is 208 g/mol. The number of carboxylic acid groups (broad SMARTS) is 1. The molecule has 0 spiro atoms. The Morgan fingerprint density at radius 1 is 1.14 bits per heavy atom. The maximum atomic E-state index is 10.9. The van der Waals surface area contributed by atoms with E-state index in [-0.39, 0.29) is 6.42 Å². The van der Waals surface area contributed by atoms with E-state index >= 15 is 0 Å². The molecule has 0 saturated carbocycles. The number of carboxylic acids is 1. The van der Waals surface area contributed by atoms with Gasteiger partial charge in [-0.25, -0.2) is 4.79 Å². The van der Waals surface area contributed by atoms with Crippen molar-refractivity contribution in [1.82, 2.24) is 0 Å². The van der Waals surface area contributed by atoms with Gasteiger partial charge >= 0.3 is 11.8 Å². The van der Waals surface area contributed by atoms with E-state index in [4.69, 9.17) is 25.5 Å². The van der Waals surface area contributed by atoms with Gasteiger partial charge < -0.3 is 25.5 Å². The van der Waals surface area contributed by atoms with Gasteiger partial charge in [0.25, 0.3) is 5.78 Å². The van der Waals surface area contributed by atoms with Gasteiger partial charge in [-0.2, -0.15) is 0 Å². The zero-order chi connectivity index (χ0) is 11.6. The van der Waals surface area contributed by atoms with E-state index in [1.807, 2.05) is 0 Å². The number of hydrogen-bond donors (Lipinski definition) is 5. The van der Waals surface area contributed by atoms with Crippen molar-refractivity contribution in [3.8, 4) is 0 Å². The number of aliphatic hydroxyl groups is 4. The molecule has 0 radical (unpaired) electrons. The Hall–Kier alpha value is -1.02. The molecule has 0 fully saturated rings. The Balaban J connectivity index is 4.86. The summed E-state index contributed by atoms with van der Waals surface area (Å²) in [5.41, 5.74) is 0. The lowest BCUT2D eigenvalue weighted by atomic mass is 9.99. The summed E-state index contributed by atoms with van der Waals surface area (Å²) in [6.45, 7) is 1.51. The summed E-state index contributed by atoms with van der Waals surface area (Å²) >= 11 is 0. The molecule has 0 aliphatic heterocycles. The summed E-state index contributed by atoms with van der Waals surface area (Å²) in [4.78, 5) is 21.1. The Morgan fingerprint density at radius 2 is 1.57 bits per heavy atom. The molecule has 0 aromatic carbocycles. The minimum Gasteiger partial charge on any atom is -0.477 e. The second-order valence-corrected chi connectivity index (χ2v) is 2.87. The molecular formula is C7H12O7. The Labute approximate surface area is 79.2 Å². The van der Waals surface area contributed by atoms with Gasteiger partial charge in [0.05, 0.1) is 0 Å². The van der Waals surface area contributed by atoms with Crippen LogP contribution in [-0.4, -0.2) is 48.9 Å². The van der Waals surface area contributed by atoms with Crippen LogP contribution in [0.25, 0.3) is 0 Å². The number of ketones is 1. The highest BCUT2D eigenvalue weighted by Crippen LogP contribution is 2.17. The highest BCUT2D eigenvalue weighted by atomic mass is 16.6. The quantitative estimate of drug-likeness (QED) is 0.255. The zero-order valence-corrected chi connectivity index (χ0v) is 7.47. The van der Waals surface area contributed by atoms with Crippen LogP contribution in [0, 0.1) is 0 Å². The van der Waals surface area contributed by atoms with Gasteiger partial charge in [-0.05, 0) is 0 Å². The lowest BCUT2D eigenvalue weighted by molar-refractivity contribution is -0.237. The molecule has 0 saturated heterocycles. The molecule has 0 heterocycles. The molecule has 7 nitrogen and oxygen atoms in total. The minimum absolute atomic E-state index is 0.161. The third-order valence-corrected chi connectivity index (χ3v) is 1.58. The first kappa shape index (κ1) is 13.0. The maximum Gasteiger partial charge on any atom is 0.372 e. The second-order valence-electron chi connectivity index (χ2n) is 2.87. The fraction of sp³-hybridized carbons (Fsp3) is 0.714. The number of carbonyl (C=O) groups is 2. The standard InChI is InChI=1S/C7H12O7/c1-2-3-6(11,12)4(8)7(13,14)5(9)10/h11-14H,2-3H2,1H3,(H,9,10). The topological polar surface area (TPSA) is 135 Å². The molecule has 0 bridgehead atoms. The number of aliphatic carboxylic acids is 1. The molecule has 82 valence electrons. The summed E-state index contributed by atoms with van der Waals surface area (Å²) < 4.78 is 0. The first-order valence-corrected chi connectivity index (χ1v) is 3.84. The van der Waals surface area contributed by atoms with E-state index in [0.717, 1.165) is 0 Å². The first-order chi connectivity index (χ1) is 6.16. The van der Waals surface area contributed by atoms with Gasteiger partial charge in [0.2, 0.25) is 5.79 Å². The van der Waals surface area contributed by atoms with Crippen molar-refractivity contribution in [1.29, 1.82) is 0 Å². The molecule has 0 rings (SSSR count). The number of carbonyl (C=O) groups excluding carboxylic acids is 1. The normalized spacial score (nSPS) is 12.6. The van der Waals surface area contributed by atoms with Crippen LogP contribution in [0.3, 0.4) is 0 Å². The second kappa shape index (κ2) is 4.01. The molecule has 0 aliphatic rings. The third kappa shape index (κ3) is 2.48. The molecule has 0 aliphatic carbocycles. The van der Waals surface area contributed by atoms with Crippen LogP contribution in [-0.2, 0) is 9.59 Å². The SMILES string of the molecule is CCCC(O)(O)C(=O)C(O)(O)C(=O)O. The van der Waals surface area contributed by atoms with E-state index in [1.165, 1.54) is 6.92 Å². The fourth-order valence-corrected chi connectivity index (χ4v) is 0.838. The highest BCUT2D eigenvalue weighted by Gasteiger charge is 2.52. The maximum absolute atomic E-state index is 10.9. The van der Waals surface area contributed by atoms with Gasteiger partial charge in [0.1, 0.15) is 0 Å². The summed E-state index contributed by atoms with van der Waals surface area (Å²) in [7, 11) is 0. The van der Waals surface area contributed by atoms with Crippen LogP contribution in [0.1, 0.15) is 19.8 Å². The third-order valence-electron chi connectivity index (χ3n) is 1.58. The molecule has 0 aromatic heterocycles. The molecule has 0 aromatic rings. The van der Waals surface area contributed by atoms with Crippen molar-refractivity contribution in [2.75, 3.05) is 0 Å². The van der Waals surface area contributed by atoms with Gasteiger partial charge in [-0.15, -0.1) is 0 Å². The first-order valence-electron chi connectivity index (χ1n) is 3.84. The number of hydrogen-bond acceptors (Lipinski definition) is 6. The number of rotatable bonds is 5. The van der Waals surface area contributed by atoms with E-state index in [2.05, 4.69) is 0 Å². The van der Waals surface area contributed by atoms with E-state index in [9.17, 15) is 9.59 Å². The van der Waals surface area contributed by atoms with Crippen molar-refractivity contribution in [2.24, 2.45) is 0 Å². The van der Waals surface area contributed by atoms with Crippen LogP contribution < -0.4 is 0 Å². The predicted octanol–water partition coefficient (Wildman–Crippen LogP) is -2.20. The molecular weight excluding hydrogens is 196 g/mol. The largest absolute Gasteiger partial charge is 0.477 e. The van der Waals surface area contributed by atoms with Crippen LogP contribution in [0.2, 0.25) is 0 Å². The molecule has 5 N–H and O–H groups in total. The average molecular weight is 208 g/mol. The summed E-state index contributed by atoms with van der Waals surface area (Å²) in [5.74, 6) is -11.1. The predicted molar refractivity (Wildman–Crippen MR) is 41.9 cm³/mol. The van der Waals surface area contributed by atoms with Gasteiger partial charge in [0, 0.05) is 6.42 Å². The lowest BCUT2D eigenvalue weighted by Crippen LogP contribution is -2.57. The van der Waals surface area contributed by atoms with Gasteiger partial charge in [0.15, 0.2) is 0 Å². The summed E-state index contributed by atoms with van der Waals surface area (Å²) in [6.07, 6.45) is -0.323. The van der Waals surface area contributed by atoms with Gasteiger partial charge in [-0.1, -0.05) is 13.3 Å². The van der Waals surface area contributed by atoms with E-state index in [0.29, 0.717) is 0 Å². The van der Waals surface area contributed by atoms with Crippen molar-refractivity contribution in [3.63, 3.8) is 0 Å². The van der Waals surface area contributed by atoms with Gasteiger partial charge in [-0.3, -0.25) is 4.79 Å². The van der Waals surface area contributed by atoms with E-state index in [1.54, 1.807) is 0 Å². The Morgan fingerprint density at radius 3 is 1.86 bits per heavy atom. The summed E-state index contributed by atoms with van der Waals surface area (Å²) in [5, 5.41) is 43.6. The van der Waals surface area contributed by atoms with Crippen molar-refractivity contribution >= 4 is 11.8 Å². The molecule has 0 unspecified atom stereocenters. The van der Waals surface area contributed by atoms with Crippen molar-refractivity contribution < 1.29 is 35.1 Å².